The molecule has 0 radical (unpaired) electrons. The lowest BCUT2D eigenvalue weighted by Gasteiger charge is -2.38. The predicted octanol–water partition coefficient (Wildman–Crippen LogP) is 0.611. The zero-order valence-electron chi connectivity index (χ0n) is 11.8. The van der Waals surface area contributed by atoms with Crippen molar-refractivity contribution in [2.75, 3.05) is 31.6 Å². The van der Waals surface area contributed by atoms with Gasteiger partial charge in [-0.05, 0) is 6.92 Å². The highest BCUT2D eigenvalue weighted by atomic mass is 32.1. The molecule has 1 aliphatic rings. The van der Waals surface area contributed by atoms with E-state index in [0.717, 1.165) is 0 Å². The van der Waals surface area contributed by atoms with Gasteiger partial charge in [0.25, 0.3) is 0 Å². The lowest BCUT2D eigenvalue weighted by atomic mass is 10.2. The van der Waals surface area contributed by atoms with E-state index in [9.17, 15) is 14.7 Å². The van der Waals surface area contributed by atoms with Crippen LogP contribution in [0.1, 0.15) is 22.4 Å². The number of thiazole rings is 1. The number of methoxy groups -OCH3 is 1. The Hall–Kier alpha value is -1.87. The monoisotopic (exact) mass is 315 g/mol. The van der Waals surface area contributed by atoms with Gasteiger partial charge in [-0.25, -0.2) is 14.6 Å². The summed E-state index contributed by atoms with van der Waals surface area (Å²) in [6.45, 7) is 2.84. The van der Waals surface area contributed by atoms with Gasteiger partial charge in [-0.1, -0.05) is 11.3 Å². The summed E-state index contributed by atoms with van der Waals surface area (Å²) >= 11 is 1.22. The molecular weight excluding hydrogens is 298 g/mol. The highest BCUT2D eigenvalue weighted by Gasteiger charge is 2.31. The molecule has 9 heteroatoms. The van der Waals surface area contributed by atoms with Gasteiger partial charge in [0.05, 0.1) is 13.7 Å². The fourth-order valence-corrected chi connectivity index (χ4v) is 3.24. The number of carboxylic acid groups (broad SMARTS) is 1. The first kappa shape index (κ1) is 15.5. The lowest BCUT2D eigenvalue weighted by Crippen LogP contribution is -2.53. The van der Waals surface area contributed by atoms with Crippen LogP contribution >= 0.6 is 11.3 Å². The highest BCUT2D eigenvalue weighted by molar-refractivity contribution is 7.16. The average molecular weight is 315 g/mol. The first-order valence-corrected chi connectivity index (χ1v) is 7.23. The van der Waals surface area contributed by atoms with Crippen LogP contribution in [-0.4, -0.2) is 64.9 Å². The number of aliphatic hydroxyl groups excluding tert-OH is 1. The Morgan fingerprint density at radius 2 is 2.19 bits per heavy atom. The van der Waals surface area contributed by atoms with Crippen molar-refractivity contribution in [1.82, 2.24) is 9.88 Å². The largest absolute Gasteiger partial charge is 0.465 e. The molecule has 1 amide bonds. The number of carbonyl (C=O) groups is 2. The zero-order valence-corrected chi connectivity index (χ0v) is 12.6. The van der Waals surface area contributed by atoms with Crippen LogP contribution in [0.3, 0.4) is 0 Å². The van der Waals surface area contributed by atoms with Gasteiger partial charge in [0.15, 0.2) is 5.69 Å². The Morgan fingerprint density at radius 1 is 1.48 bits per heavy atom. The standard InChI is InChI=1S/C12H17N3O5S/c1-7-5-14(3-4-15(7)12(18)19)10-9(11(17)20-2)13-8(6-16)21-10/h7,16H,3-6H2,1-2H3,(H,18,19)/t7-/m1/s1. The normalized spacial score (nSPS) is 18.7. The van der Waals surface area contributed by atoms with Gasteiger partial charge < -0.3 is 24.7 Å². The van der Waals surface area contributed by atoms with Crippen molar-refractivity contribution < 1.29 is 24.5 Å². The minimum Gasteiger partial charge on any atom is -0.465 e. The van der Waals surface area contributed by atoms with Crippen molar-refractivity contribution in [1.29, 1.82) is 0 Å². The maximum atomic E-state index is 11.8. The number of esters is 1. The smallest absolute Gasteiger partial charge is 0.407 e. The molecule has 0 saturated carbocycles. The van der Waals surface area contributed by atoms with Gasteiger partial charge in [0.1, 0.15) is 10.0 Å². The molecule has 1 saturated heterocycles. The van der Waals surface area contributed by atoms with Crippen LogP contribution < -0.4 is 4.90 Å². The molecule has 1 aromatic heterocycles. The Labute approximate surface area is 125 Å². The summed E-state index contributed by atoms with van der Waals surface area (Å²) in [6.07, 6.45) is -0.948. The number of hydrogen-bond donors (Lipinski definition) is 2. The number of anilines is 1. The molecule has 1 aliphatic heterocycles. The van der Waals surface area contributed by atoms with Gasteiger partial charge in [-0.3, -0.25) is 0 Å². The maximum Gasteiger partial charge on any atom is 0.407 e. The van der Waals surface area contributed by atoms with E-state index in [1.165, 1.54) is 23.3 Å². The second-order valence-corrected chi connectivity index (χ2v) is 5.74. The molecule has 2 rings (SSSR count). The summed E-state index contributed by atoms with van der Waals surface area (Å²) in [5, 5.41) is 19.3. The number of hydrogen-bond acceptors (Lipinski definition) is 7. The van der Waals surface area contributed by atoms with Gasteiger partial charge in [0, 0.05) is 25.7 Å². The van der Waals surface area contributed by atoms with Crippen molar-refractivity contribution in [2.24, 2.45) is 0 Å². The molecule has 116 valence electrons. The van der Waals surface area contributed by atoms with Crippen LogP contribution in [0.2, 0.25) is 0 Å². The molecule has 8 nitrogen and oxygen atoms in total. The van der Waals surface area contributed by atoms with Crippen molar-refractivity contribution in [2.45, 2.75) is 19.6 Å². The van der Waals surface area contributed by atoms with E-state index in [0.29, 0.717) is 29.6 Å². The molecule has 0 unspecified atom stereocenters. The number of piperazine rings is 1. The van der Waals surface area contributed by atoms with Crippen LogP contribution in [0.15, 0.2) is 0 Å². The second-order valence-electron chi connectivity index (χ2n) is 4.68. The van der Waals surface area contributed by atoms with Crippen LogP contribution in [0, 0.1) is 0 Å². The molecule has 1 aromatic rings. The first-order chi connectivity index (χ1) is 9.97. The first-order valence-electron chi connectivity index (χ1n) is 6.41. The molecule has 0 aliphatic carbocycles. The number of aromatic nitrogens is 1. The third-order valence-electron chi connectivity index (χ3n) is 3.33. The van der Waals surface area contributed by atoms with Gasteiger partial charge in [0.2, 0.25) is 0 Å². The third kappa shape index (κ3) is 3.08. The second kappa shape index (κ2) is 6.27. The van der Waals surface area contributed by atoms with Crippen molar-refractivity contribution >= 4 is 28.4 Å². The van der Waals surface area contributed by atoms with Gasteiger partial charge in [-0.15, -0.1) is 0 Å². The van der Waals surface area contributed by atoms with E-state index >= 15 is 0 Å². The van der Waals surface area contributed by atoms with Gasteiger partial charge >= 0.3 is 12.1 Å². The van der Waals surface area contributed by atoms with E-state index in [1.54, 1.807) is 0 Å². The highest BCUT2D eigenvalue weighted by Crippen LogP contribution is 2.31. The van der Waals surface area contributed by atoms with Crippen molar-refractivity contribution in [3.8, 4) is 0 Å². The molecular formula is C12H17N3O5S. The Kier molecular flexibility index (Phi) is 4.63. The van der Waals surface area contributed by atoms with E-state index < -0.39 is 12.1 Å². The SMILES string of the molecule is COC(=O)c1nc(CO)sc1N1CCN(C(=O)O)[C@H](C)C1. The fourth-order valence-electron chi connectivity index (χ4n) is 2.29. The number of amides is 1. The van der Waals surface area contributed by atoms with E-state index in [4.69, 9.17) is 9.84 Å². The summed E-state index contributed by atoms with van der Waals surface area (Å²) in [6, 6.07) is -0.193. The zero-order chi connectivity index (χ0) is 15.6. The third-order valence-corrected chi connectivity index (χ3v) is 4.43. The van der Waals surface area contributed by atoms with E-state index in [1.807, 2.05) is 11.8 Å². The van der Waals surface area contributed by atoms with Crippen molar-refractivity contribution in [3.05, 3.63) is 10.7 Å². The number of carbonyl (C=O) groups excluding carboxylic acids is 1. The summed E-state index contributed by atoms with van der Waals surface area (Å²) in [5.41, 5.74) is 0.169. The quantitative estimate of drug-likeness (QED) is 0.788. The van der Waals surface area contributed by atoms with Crippen LogP contribution in [0.25, 0.3) is 0 Å². The lowest BCUT2D eigenvalue weighted by molar-refractivity contribution is 0.0594. The van der Waals surface area contributed by atoms with Crippen molar-refractivity contribution in [3.63, 3.8) is 0 Å². The molecule has 0 spiro atoms. The van der Waals surface area contributed by atoms with E-state index in [-0.39, 0.29) is 18.3 Å². The topological polar surface area (TPSA) is 103 Å². The average Bonchev–Trinajstić information content (AvgIpc) is 2.90. The number of rotatable bonds is 3. The molecule has 0 bridgehead atoms. The van der Waals surface area contributed by atoms with E-state index in [2.05, 4.69) is 4.98 Å². The molecule has 2 heterocycles. The van der Waals surface area contributed by atoms with Gasteiger partial charge in [-0.2, -0.15) is 0 Å². The number of nitrogens with zero attached hydrogens (tertiary/aromatic N) is 3. The Morgan fingerprint density at radius 3 is 2.71 bits per heavy atom. The minimum atomic E-state index is -0.948. The maximum absolute atomic E-state index is 11.8. The molecule has 0 aromatic carbocycles. The predicted molar refractivity (Wildman–Crippen MR) is 75.8 cm³/mol. The van der Waals surface area contributed by atoms with Crippen LogP contribution in [0.5, 0.6) is 0 Å². The summed E-state index contributed by atoms with van der Waals surface area (Å²) < 4.78 is 4.70. The number of aliphatic hydroxyl groups is 1. The molecule has 1 fully saturated rings. The molecule has 21 heavy (non-hydrogen) atoms. The van der Waals surface area contributed by atoms with Crippen LogP contribution in [-0.2, 0) is 11.3 Å². The fraction of sp³-hybridized carbons (Fsp3) is 0.583. The summed E-state index contributed by atoms with van der Waals surface area (Å²) in [4.78, 5) is 30.2. The molecule has 1 atom stereocenters. The minimum absolute atomic E-state index is 0.169. The van der Waals surface area contributed by atoms with Crippen LogP contribution in [0.4, 0.5) is 9.80 Å². The number of ether oxygens (including phenoxy) is 1. The summed E-state index contributed by atoms with van der Waals surface area (Å²) in [7, 11) is 1.27. The Balaban J connectivity index is 2.24. The Bertz CT molecular complexity index is 547. The summed E-state index contributed by atoms with van der Waals surface area (Å²) in [5.74, 6) is -0.561. The molecule has 2 N–H and O–H groups in total.